The molecule has 0 spiro atoms. The average molecular weight is 955 g/mol. The number of pyridine rings is 2. The molecule has 1 saturated carbocycles. The number of imide groups is 1. The summed E-state index contributed by atoms with van der Waals surface area (Å²) in [6.45, 7) is 7.33. The first-order valence-corrected chi connectivity index (χ1v) is 23.5. The van der Waals surface area contributed by atoms with Crippen molar-refractivity contribution in [2.75, 3.05) is 18.5 Å². The van der Waals surface area contributed by atoms with Crippen LogP contribution in [0, 0.1) is 10.7 Å². The van der Waals surface area contributed by atoms with E-state index in [0.717, 1.165) is 32.8 Å². The maximum absolute atomic E-state index is 15.5. The van der Waals surface area contributed by atoms with Crippen LogP contribution in [0.1, 0.15) is 91.2 Å². The van der Waals surface area contributed by atoms with Crippen LogP contribution >= 0.6 is 0 Å². The normalized spacial score (nSPS) is 19.0. The van der Waals surface area contributed by atoms with Crippen LogP contribution in [0.4, 0.5) is 15.9 Å². The molecule has 1 aliphatic carbocycles. The molecule has 3 amide bonds. The molecule has 4 aliphatic rings. The number of fused-ring (bicyclic) bond motifs is 3. The summed E-state index contributed by atoms with van der Waals surface area (Å²) in [5, 5.41) is 27.2. The first-order valence-electron chi connectivity index (χ1n) is 23.5. The number of hydrogen-bond acceptors (Lipinski definition) is 12. The Morgan fingerprint density at radius 2 is 1.81 bits per heavy atom. The van der Waals surface area contributed by atoms with Crippen molar-refractivity contribution in [2.24, 2.45) is 7.05 Å². The maximum Gasteiger partial charge on any atom is 0.283 e. The summed E-state index contributed by atoms with van der Waals surface area (Å²) >= 11 is 0. The number of carbonyl (C=O) groups is 3. The summed E-state index contributed by atoms with van der Waals surface area (Å²) in [5.41, 5.74) is 4.01. The number of aryl methyl sites for hydroxylation is 2. The minimum atomic E-state index is -0.730. The maximum atomic E-state index is 15.5. The summed E-state index contributed by atoms with van der Waals surface area (Å²) in [7, 11) is 1.59. The van der Waals surface area contributed by atoms with Crippen LogP contribution < -0.4 is 21.8 Å². The van der Waals surface area contributed by atoms with Crippen LogP contribution in [-0.2, 0) is 59.5 Å². The minimum Gasteiger partial charge on any atom is -0.392 e. The monoisotopic (exact) mass is 954 g/mol. The lowest BCUT2D eigenvalue weighted by Gasteiger charge is -2.32. The lowest BCUT2D eigenvalue weighted by molar-refractivity contribution is -0.749. The standard InChI is InChI=1S/C50H52FN11O8/c1-50(2,3)31-17-29-23-53-61(49(68)44(29)39(51)19-31)45-38(27-63)35(12-13-52-45)30-18-40(48(67)57(4)24-30)54-42-22-33-25-58(14-15-60(33)56-42)62(69)32-20-34(21-32)70-16-6-8-28-7-5-9-36-37(28)26-59(47(36)66)41-10-11-43(64)55-46(41)65/h5,7,9,12-13,17-19,22-24,32,34,41,63H,6,8,10-11,14-16,20-21,25-27H2,1-4H3,(H-,54,55,56,64,65)/p+1. The van der Waals surface area contributed by atoms with Crippen molar-refractivity contribution in [3.05, 3.63) is 132 Å². The highest BCUT2D eigenvalue weighted by Crippen LogP contribution is 2.34. The van der Waals surface area contributed by atoms with E-state index >= 15 is 4.39 Å². The van der Waals surface area contributed by atoms with E-state index in [9.17, 15) is 34.0 Å². The van der Waals surface area contributed by atoms with Crippen LogP contribution in [-0.4, -0.2) is 98.1 Å². The van der Waals surface area contributed by atoms with Crippen molar-refractivity contribution in [3.8, 4) is 16.9 Å². The fourth-order valence-electron chi connectivity index (χ4n) is 9.96. The molecular formula is C50H53FN11O8+. The van der Waals surface area contributed by atoms with E-state index in [4.69, 9.17) is 4.74 Å². The molecule has 1 unspecified atom stereocenters. The number of aliphatic hydroxyl groups is 1. The second-order valence-electron chi connectivity index (χ2n) is 19.5. The molecule has 3 aliphatic heterocycles. The second kappa shape index (κ2) is 18.1. The van der Waals surface area contributed by atoms with Gasteiger partial charge in [0.1, 0.15) is 29.0 Å². The Bertz CT molecular complexity index is 3260. The van der Waals surface area contributed by atoms with Crippen LogP contribution in [0.3, 0.4) is 0 Å². The number of ether oxygens (including phenoxy) is 1. The Morgan fingerprint density at radius 1 is 1.00 bits per heavy atom. The van der Waals surface area contributed by atoms with Crippen molar-refractivity contribution < 1.29 is 33.5 Å². The molecule has 20 heteroatoms. The number of rotatable bonds is 13. The number of nitrogens with zero attached hydrogens (tertiary/aromatic N) is 9. The molecule has 2 aromatic carbocycles. The van der Waals surface area contributed by atoms with Gasteiger partial charge in [-0.05, 0) is 77.3 Å². The van der Waals surface area contributed by atoms with E-state index in [2.05, 4.69) is 25.8 Å². The SMILES string of the molecule is Cn1cc(-c2ccnc(-n3ncc4cc(C(C)(C)C)cc(F)c4c3=O)c2CO)cc(Nc2cc3n(n2)CCN([N+](=O)C2CC(OCCCc4cccc5c4CN(C4CCC(=O)NC4=O)C5=O)C2)C3)c1=O. The van der Waals surface area contributed by atoms with Gasteiger partial charge in [0, 0.05) is 80.0 Å². The largest absolute Gasteiger partial charge is 0.392 e. The number of hydrazine groups is 1. The number of nitrogens with one attached hydrogen (secondary N) is 2. The fourth-order valence-corrected chi connectivity index (χ4v) is 9.96. The van der Waals surface area contributed by atoms with E-state index in [-0.39, 0.29) is 63.8 Å². The zero-order valence-corrected chi connectivity index (χ0v) is 39.3. The molecule has 1 atom stereocenters. The van der Waals surface area contributed by atoms with Crippen molar-refractivity contribution in [3.63, 3.8) is 0 Å². The minimum absolute atomic E-state index is 0.0177. The summed E-state index contributed by atoms with van der Waals surface area (Å²) in [4.78, 5) is 85.2. The van der Waals surface area contributed by atoms with Crippen LogP contribution in [0.25, 0.3) is 27.7 Å². The van der Waals surface area contributed by atoms with Crippen LogP contribution in [0.2, 0.25) is 0 Å². The van der Waals surface area contributed by atoms with Crippen molar-refractivity contribution in [2.45, 2.75) is 109 Å². The molecule has 0 radical (unpaired) electrons. The topological polar surface area (TPSA) is 219 Å². The quantitative estimate of drug-likeness (QED) is 0.0829. The van der Waals surface area contributed by atoms with Gasteiger partial charge in [0.05, 0.1) is 48.0 Å². The Balaban J connectivity index is 0.756. The van der Waals surface area contributed by atoms with Crippen molar-refractivity contribution >= 4 is 40.0 Å². The van der Waals surface area contributed by atoms with Gasteiger partial charge in [-0.15, -0.1) is 5.01 Å². The molecule has 4 aromatic heterocycles. The summed E-state index contributed by atoms with van der Waals surface area (Å²) < 4.78 is 25.9. The molecule has 1 saturated heterocycles. The van der Waals surface area contributed by atoms with E-state index in [0.29, 0.717) is 91.9 Å². The smallest absolute Gasteiger partial charge is 0.283 e. The Hall–Kier alpha value is -7.45. The first kappa shape index (κ1) is 46.3. The van der Waals surface area contributed by atoms with Crippen molar-refractivity contribution in [1.29, 1.82) is 0 Å². The average Bonchev–Trinajstić information content (AvgIpc) is 3.88. The van der Waals surface area contributed by atoms with E-state index in [1.54, 1.807) is 58.2 Å². The highest BCUT2D eigenvalue weighted by atomic mass is 19.1. The molecule has 70 heavy (non-hydrogen) atoms. The predicted octanol–water partition coefficient (Wildman–Crippen LogP) is 4.47. The number of anilines is 2. The zero-order chi connectivity index (χ0) is 49.2. The number of nitroso groups, excluding NO2 is 1. The Morgan fingerprint density at radius 3 is 2.59 bits per heavy atom. The summed E-state index contributed by atoms with van der Waals surface area (Å²) in [5.74, 6) is -1.21. The van der Waals surface area contributed by atoms with Crippen LogP contribution in [0.15, 0.2) is 76.7 Å². The molecule has 3 N–H and O–H groups in total. The number of piperidine rings is 1. The number of aromatic nitrogens is 6. The third-order valence-electron chi connectivity index (χ3n) is 13.9. The third-order valence-corrected chi connectivity index (χ3v) is 13.9. The van der Waals surface area contributed by atoms with E-state index < -0.39 is 29.9 Å². The van der Waals surface area contributed by atoms with Gasteiger partial charge in [0.2, 0.25) is 17.9 Å². The lowest BCUT2D eigenvalue weighted by Crippen LogP contribution is -2.52. The van der Waals surface area contributed by atoms with E-state index in [1.807, 2.05) is 32.9 Å². The lowest BCUT2D eigenvalue weighted by atomic mass is 9.86. The summed E-state index contributed by atoms with van der Waals surface area (Å²) in [6.07, 6.45) is 7.52. The number of carbonyl (C=O) groups excluding carboxylic acids is 3. The van der Waals surface area contributed by atoms with Crippen LogP contribution in [0.5, 0.6) is 0 Å². The molecular weight excluding hydrogens is 902 g/mol. The van der Waals surface area contributed by atoms with Gasteiger partial charge in [-0.2, -0.15) is 14.9 Å². The highest BCUT2D eigenvalue weighted by Gasteiger charge is 2.45. The van der Waals surface area contributed by atoms with Gasteiger partial charge in [-0.25, -0.2) is 9.37 Å². The molecule has 2 fully saturated rings. The van der Waals surface area contributed by atoms with Gasteiger partial charge < -0.3 is 24.6 Å². The van der Waals surface area contributed by atoms with Gasteiger partial charge in [0.25, 0.3) is 17.0 Å². The highest BCUT2D eigenvalue weighted by molar-refractivity contribution is 6.05. The van der Waals surface area contributed by atoms with Gasteiger partial charge in [-0.1, -0.05) is 32.9 Å². The fraction of sp³-hybridized carbons (Fsp3) is 0.400. The number of aliphatic hydroxyl groups excluding tert-OH is 1. The van der Waals surface area contributed by atoms with E-state index in [1.165, 1.54) is 23.0 Å². The molecule has 0 bridgehead atoms. The number of halogens is 1. The number of hydrogen-bond donors (Lipinski definition) is 3. The van der Waals surface area contributed by atoms with Crippen molar-refractivity contribution in [1.82, 2.24) is 44.3 Å². The molecule has 362 valence electrons. The predicted molar refractivity (Wildman–Crippen MR) is 254 cm³/mol. The molecule has 19 nitrogen and oxygen atoms in total. The molecule has 10 rings (SSSR count). The third kappa shape index (κ3) is 8.54. The second-order valence-corrected chi connectivity index (χ2v) is 19.5. The van der Waals surface area contributed by atoms with Gasteiger partial charge in [-0.3, -0.25) is 34.0 Å². The molecule has 6 aromatic rings. The Kier molecular flexibility index (Phi) is 12.0. The first-order chi connectivity index (χ1) is 33.6. The molecule has 7 heterocycles. The summed E-state index contributed by atoms with van der Waals surface area (Å²) in [6, 6.07) is 12.9. The van der Waals surface area contributed by atoms with Gasteiger partial charge >= 0.3 is 0 Å². The Labute approximate surface area is 400 Å². The number of benzene rings is 2. The van der Waals surface area contributed by atoms with Gasteiger partial charge in [0.15, 0.2) is 11.6 Å². The zero-order valence-electron chi connectivity index (χ0n) is 39.3. The number of amides is 3.